The molecule has 7 nitrogen and oxygen atoms in total. The first-order chi connectivity index (χ1) is 5.78. The second kappa shape index (κ2) is 7.88. The standard InChI is InChI=1S/C6H8O7.Fe.Mg/c7-3(8)1-6(13,5(11)12)2-4(9)10;;/h13H,1-2H2,(H,7,8)(H,9,10)(H,11,12);;/q;2*+2/p-3. The van der Waals surface area contributed by atoms with Crippen LogP contribution in [0.2, 0.25) is 0 Å². The molecule has 0 radical (unpaired) electrons. The molecular formula is C6H5FeMgO7+. The molecule has 0 rings (SSSR count). The molecular weight excluding hydrogens is 264 g/mol. The van der Waals surface area contributed by atoms with Gasteiger partial charge in [-0.05, 0) is 0 Å². The predicted octanol–water partition coefficient (Wildman–Crippen LogP) is -5.64. The van der Waals surface area contributed by atoms with Gasteiger partial charge in [-0.15, -0.1) is 0 Å². The quantitative estimate of drug-likeness (QED) is 0.490. The van der Waals surface area contributed by atoms with Crippen molar-refractivity contribution >= 4 is 41.0 Å². The molecule has 0 heterocycles. The number of hydrogen-bond acceptors (Lipinski definition) is 7. The summed E-state index contributed by atoms with van der Waals surface area (Å²) in [5.74, 6) is -5.98. The maximum Gasteiger partial charge on any atom is 2.00 e. The van der Waals surface area contributed by atoms with Crippen LogP contribution in [0, 0.1) is 0 Å². The topological polar surface area (TPSA) is 141 Å². The predicted molar refractivity (Wildman–Crippen MR) is 35.0 cm³/mol. The Morgan fingerprint density at radius 3 is 1.40 bits per heavy atom. The first-order valence-corrected chi connectivity index (χ1v) is 3.11. The van der Waals surface area contributed by atoms with Crippen molar-refractivity contribution < 1.29 is 51.9 Å². The van der Waals surface area contributed by atoms with Crippen LogP contribution in [0.4, 0.5) is 0 Å². The number of hydrogen-bond donors (Lipinski definition) is 1. The van der Waals surface area contributed by atoms with E-state index in [0.717, 1.165) is 0 Å². The van der Waals surface area contributed by atoms with Gasteiger partial charge in [0.05, 0.1) is 5.97 Å². The van der Waals surface area contributed by atoms with Crippen LogP contribution in [-0.4, -0.2) is 51.7 Å². The van der Waals surface area contributed by atoms with Crippen LogP contribution in [0.25, 0.3) is 0 Å². The van der Waals surface area contributed by atoms with Gasteiger partial charge < -0.3 is 34.8 Å². The molecule has 0 aromatic carbocycles. The summed E-state index contributed by atoms with van der Waals surface area (Å²) >= 11 is 0. The fourth-order valence-corrected chi connectivity index (χ4v) is 0.684. The third-order valence-electron chi connectivity index (χ3n) is 1.25. The zero-order valence-corrected chi connectivity index (χ0v) is 9.89. The van der Waals surface area contributed by atoms with Gasteiger partial charge in [0.1, 0.15) is 5.60 Å². The summed E-state index contributed by atoms with van der Waals surface area (Å²) in [6, 6.07) is 0. The van der Waals surface area contributed by atoms with E-state index >= 15 is 0 Å². The van der Waals surface area contributed by atoms with E-state index in [1.807, 2.05) is 0 Å². The van der Waals surface area contributed by atoms with Gasteiger partial charge in [0.15, 0.2) is 0 Å². The first-order valence-electron chi connectivity index (χ1n) is 3.11. The maximum atomic E-state index is 10.1. The number of aliphatic carboxylic acids is 3. The van der Waals surface area contributed by atoms with Gasteiger partial charge in [-0.2, -0.15) is 0 Å². The molecule has 15 heavy (non-hydrogen) atoms. The third-order valence-corrected chi connectivity index (χ3v) is 1.25. The molecule has 0 aromatic heterocycles. The minimum absolute atomic E-state index is 0. The molecule has 9 heteroatoms. The molecule has 0 amide bonds. The summed E-state index contributed by atoms with van der Waals surface area (Å²) in [7, 11) is 0. The second-order valence-electron chi connectivity index (χ2n) is 2.42. The van der Waals surface area contributed by atoms with Crippen LogP contribution in [0.1, 0.15) is 12.8 Å². The number of carboxylic acids is 3. The number of carbonyl (C=O) groups excluding carboxylic acids is 3. The SMILES string of the molecule is O=C([O-])CC(O)(CC(=O)[O-])C(=O)[O-].[Fe+2].[Mg+2]. The smallest absolute Gasteiger partial charge is 0.550 e. The van der Waals surface area contributed by atoms with E-state index in [1.54, 1.807) is 0 Å². The van der Waals surface area contributed by atoms with Crippen molar-refractivity contribution in [3.63, 3.8) is 0 Å². The maximum absolute atomic E-state index is 10.1. The van der Waals surface area contributed by atoms with E-state index in [-0.39, 0.29) is 40.1 Å². The number of carboxylic acid groups (broad SMARTS) is 3. The Balaban J connectivity index is -0.000000720. The Morgan fingerprint density at radius 1 is 1.00 bits per heavy atom. The Kier molecular flexibility index (Phi) is 10.6. The van der Waals surface area contributed by atoms with Crippen LogP contribution in [0.3, 0.4) is 0 Å². The zero-order valence-electron chi connectivity index (χ0n) is 7.37. The molecule has 0 aliphatic heterocycles. The normalized spacial score (nSPS) is 9.40. The molecule has 0 aliphatic carbocycles. The molecule has 0 aromatic rings. The number of rotatable bonds is 5. The van der Waals surface area contributed by atoms with Crippen molar-refractivity contribution in [3.05, 3.63) is 0 Å². The monoisotopic (exact) mass is 269 g/mol. The van der Waals surface area contributed by atoms with Gasteiger partial charge in [-0.3, -0.25) is 0 Å². The van der Waals surface area contributed by atoms with Crippen molar-refractivity contribution in [1.29, 1.82) is 0 Å². The van der Waals surface area contributed by atoms with Crippen LogP contribution in [0.15, 0.2) is 0 Å². The van der Waals surface area contributed by atoms with E-state index in [9.17, 15) is 29.7 Å². The zero-order chi connectivity index (χ0) is 10.6. The summed E-state index contributed by atoms with van der Waals surface area (Å²) in [5.41, 5.74) is -2.97. The van der Waals surface area contributed by atoms with Gasteiger partial charge >= 0.3 is 40.1 Å². The van der Waals surface area contributed by atoms with Crippen LogP contribution in [-0.2, 0) is 31.5 Å². The molecule has 0 spiro atoms. The largest absolute Gasteiger partial charge is 2.00 e. The summed E-state index contributed by atoms with van der Waals surface area (Å²) in [6.45, 7) is 0. The Bertz CT molecular complexity index is 238. The van der Waals surface area contributed by atoms with Gasteiger partial charge in [0, 0.05) is 24.8 Å². The minimum Gasteiger partial charge on any atom is -0.550 e. The summed E-state index contributed by atoms with van der Waals surface area (Å²) in [4.78, 5) is 30.0. The number of aliphatic hydroxyl groups is 1. The van der Waals surface area contributed by atoms with E-state index in [4.69, 9.17) is 5.11 Å². The minimum atomic E-state index is -2.97. The Morgan fingerprint density at radius 2 is 1.27 bits per heavy atom. The number of carbonyl (C=O) groups is 3. The van der Waals surface area contributed by atoms with Gasteiger partial charge in [0.25, 0.3) is 0 Å². The summed E-state index contributed by atoms with van der Waals surface area (Å²) in [6.07, 6.45) is -2.72. The molecule has 0 atom stereocenters. The Hall–Kier alpha value is -0.344. The first kappa shape index (κ1) is 20.1. The average Bonchev–Trinajstić information content (AvgIpc) is 1.82. The summed E-state index contributed by atoms with van der Waals surface area (Å²) in [5, 5.41) is 38.9. The van der Waals surface area contributed by atoms with Crippen molar-refractivity contribution in [3.8, 4) is 0 Å². The van der Waals surface area contributed by atoms with Crippen molar-refractivity contribution in [2.24, 2.45) is 0 Å². The van der Waals surface area contributed by atoms with Crippen molar-refractivity contribution in [2.75, 3.05) is 0 Å². The van der Waals surface area contributed by atoms with E-state index < -0.39 is 36.4 Å². The molecule has 80 valence electrons. The average molecular weight is 269 g/mol. The van der Waals surface area contributed by atoms with E-state index in [0.29, 0.717) is 0 Å². The molecule has 0 fully saturated rings. The van der Waals surface area contributed by atoms with Crippen LogP contribution in [0.5, 0.6) is 0 Å². The van der Waals surface area contributed by atoms with Crippen molar-refractivity contribution in [2.45, 2.75) is 18.4 Å². The summed E-state index contributed by atoms with van der Waals surface area (Å²) < 4.78 is 0. The van der Waals surface area contributed by atoms with Gasteiger partial charge in [-0.1, -0.05) is 0 Å². The third kappa shape index (κ3) is 7.57. The molecule has 0 saturated heterocycles. The van der Waals surface area contributed by atoms with Crippen molar-refractivity contribution in [1.82, 2.24) is 0 Å². The van der Waals surface area contributed by atoms with Crippen LogP contribution >= 0.6 is 0 Å². The van der Waals surface area contributed by atoms with Gasteiger partial charge in [-0.25, -0.2) is 0 Å². The van der Waals surface area contributed by atoms with Crippen LogP contribution < -0.4 is 15.3 Å². The Labute approximate surface area is 111 Å². The molecule has 0 saturated carbocycles. The second-order valence-corrected chi connectivity index (χ2v) is 2.42. The van der Waals surface area contributed by atoms with Gasteiger partial charge in [0.2, 0.25) is 0 Å². The molecule has 1 N–H and O–H groups in total. The molecule has 0 unspecified atom stereocenters. The molecule has 0 bridgehead atoms. The molecule has 0 aliphatic rings. The fraction of sp³-hybridized carbons (Fsp3) is 0.500. The van der Waals surface area contributed by atoms with E-state index in [1.165, 1.54) is 0 Å². The van der Waals surface area contributed by atoms with E-state index in [2.05, 4.69) is 0 Å². The fourth-order valence-electron chi connectivity index (χ4n) is 0.684.